The van der Waals surface area contributed by atoms with Crippen LogP contribution >= 0.6 is 11.3 Å². The molecule has 1 aromatic heterocycles. The van der Waals surface area contributed by atoms with E-state index in [0.29, 0.717) is 5.56 Å². The molecule has 0 aliphatic heterocycles. The summed E-state index contributed by atoms with van der Waals surface area (Å²) in [6, 6.07) is 7.22. The van der Waals surface area contributed by atoms with Crippen LogP contribution in [0.25, 0.3) is 6.08 Å². The molecule has 1 amide bonds. The molecule has 0 aliphatic carbocycles. The number of nitrogens with one attached hydrogen (secondary N) is 2. The summed E-state index contributed by atoms with van der Waals surface area (Å²) >= 11 is 1.49. The van der Waals surface area contributed by atoms with E-state index in [4.69, 9.17) is 0 Å². The van der Waals surface area contributed by atoms with Crippen molar-refractivity contribution < 1.29 is 18.1 Å². The van der Waals surface area contributed by atoms with Gasteiger partial charge in [0, 0.05) is 27.5 Å². The van der Waals surface area contributed by atoms with E-state index in [1.165, 1.54) is 36.5 Å². The highest BCUT2D eigenvalue weighted by Crippen LogP contribution is 2.21. The van der Waals surface area contributed by atoms with Crippen molar-refractivity contribution in [2.45, 2.75) is 18.7 Å². The van der Waals surface area contributed by atoms with Gasteiger partial charge < -0.3 is 0 Å². The van der Waals surface area contributed by atoms with Gasteiger partial charge in [-0.1, -0.05) is 6.07 Å². The molecule has 0 saturated heterocycles. The third kappa shape index (κ3) is 4.95. The van der Waals surface area contributed by atoms with Gasteiger partial charge in [-0.3, -0.25) is 20.3 Å². The van der Waals surface area contributed by atoms with E-state index >= 15 is 0 Å². The number of aryl methyl sites for hydroxylation is 2. The number of sulfonamides is 1. The van der Waals surface area contributed by atoms with Crippen molar-refractivity contribution in [2.24, 2.45) is 0 Å². The molecule has 0 spiro atoms. The zero-order valence-corrected chi connectivity index (χ0v) is 15.0. The molecular weight excluding hydrogens is 366 g/mol. The topological polar surface area (TPSA) is 118 Å². The standard InChI is InChI=1S/C15H15N3O5S2/c1-10-3-7-13(9-14(10)18(20)21)25(22,23)17-16-15(19)8-6-12-5-4-11(2)24-12/h3-9,17H,1-2H3,(H,16,19)/b8-6+. The fourth-order valence-corrected chi connectivity index (χ4v) is 3.52. The van der Waals surface area contributed by atoms with Crippen molar-refractivity contribution >= 4 is 39.0 Å². The molecule has 0 atom stereocenters. The number of hydrogen-bond acceptors (Lipinski definition) is 6. The second kappa shape index (κ2) is 7.55. The number of carbonyl (C=O) groups excluding carboxylic acids is 1. The number of amides is 1. The SMILES string of the molecule is Cc1ccc(/C=C/C(=O)NNS(=O)(=O)c2ccc(C)c([N+](=O)[O-])c2)s1. The van der Waals surface area contributed by atoms with Crippen molar-refractivity contribution in [3.05, 3.63) is 61.8 Å². The van der Waals surface area contributed by atoms with Crippen LogP contribution in [0.5, 0.6) is 0 Å². The Kier molecular flexibility index (Phi) is 5.67. The summed E-state index contributed by atoms with van der Waals surface area (Å²) in [7, 11) is -4.12. The summed E-state index contributed by atoms with van der Waals surface area (Å²) in [4.78, 5) is 25.5. The van der Waals surface area contributed by atoms with Crippen LogP contribution in [0.1, 0.15) is 15.3 Å². The highest BCUT2D eigenvalue weighted by molar-refractivity contribution is 7.89. The molecule has 2 N–H and O–H groups in total. The Hall–Kier alpha value is -2.56. The molecular formula is C15H15N3O5S2. The van der Waals surface area contributed by atoms with E-state index in [0.717, 1.165) is 15.8 Å². The first-order valence-corrected chi connectivity index (χ1v) is 9.30. The number of hydrazine groups is 1. The molecule has 25 heavy (non-hydrogen) atoms. The van der Waals surface area contributed by atoms with Crippen LogP contribution in [-0.4, -0.2) is 19.2 Å². The first-order valence-electron chi connectivity index (χ1n) is 7.00. The normalized spacial score (nSPS) is 11.6. The van der Waals surface area contributed by atoms with Gasteiger partial charge in [0.25, 0.3) is 21.6 Å². The predicted octanol–water partition coefficient (Wildman–Crippen LogP) is 2.30. The molecule has 0 fully saturated rings. The van der Waals surface area contributed by atoms with Crippen LogP contribution in [0.15, 0.2) is 41.3 Å². The summed E-state index contributed by atoms with van der Waals surface area (Å²) in [6.45, 7) is 3.43. The minimum atomic E-state index is -4.12. The molecule has 1 aromatic carbocycles. The van der Waals surface area contributed by atoms with E-state index in [-0.39, 0.29) is 10.6 Å². The second-order valence-corrected chi connectivity index (χ2v) is 8.08. The average Bonchev–Trinajstić information content (AvgIpc) is 2.96. The Balaban J connectivity index is 2.06. The first-order chi connectivity index (χ1) is 11.7. The lowest BCUT2D eigenvalue weighted by molar-refractivity contribution is -0.385. The number of nitrogens with zero attached hydrogens (tertiary/aromatic N) is 1. The molecule has 0 unspecified atom stereocenters. The van der Waals surface area contributed by atoms with Crippen molar-refractivity contribution in [2.75, 3.05) is 0 Å². The molecule has 132 valence electrons. The van der Waals surface area contributed by atoms with Crippen molar-refractivity contribution in [1.29, 1.82) is 0 Å². The van der Waals surface area contributed by atoms with Crippen molar-refractivity contribution in [1.82, 2.24) is 10.3 Å². The fourth-order valence-electron chi connectivity index (χ4n) is 1.87. The summed E-state index contributed by atoms with van der Waals surface area (Å²) in [5.74, 6) is -0.670. The molecule has 0 radical (unpaired) electrons. The molecule has 0 saturated carbocycles. The van der Waals surface area contributed by atoms with Gasteiger partial charge in [0.15, 0.2) is 0 Å². The maximum Gasteiger partial charge on any atom is 0.273 e. The second-order valence-electron chi connectivity index (χ2n) is 5.08. The summed E-state index contributed by atoms with van der Waals surface area (Å²) in [5, 5.41) is 10.9. The lowest BCUT2D eigenvalue weighted by atomic mass is 10.2. The van der Waals surface area contributed by atoms with Gasteiger partial charge in [0.1, 0.15) is 0 Å². The minimum absolute atomic E-state index is 0.317. The zero-order chi connectivity index (χ0) is 18.6. The van der Waals surface area contributed by atoms with Crippen LogP contribution in [0.4, 0.5) is 5.69 Å². The van der Waals surface area contributed by atoms with E-state index in [2.05, 4.69) is 0 Å². The Morgan fingerprint density at radius 1 is 1.24 bits per heavy atom. The quantitative estimate of drug-likeness (QED) is 0.452. The minimum Gasteiger partial charge on any atom is -0.274 e. The molecule has 10 heteroatoms. The Morgan fingerprint density at radius 2 is 1.96 bits per heavy atom. The van der Waals surface area contributed by atoms with Crippen LogP contribution < -0.4 is 10.3 Å². The van der Waals surface area contributed by atoms with Crippen molar-refractivity contribution in [3.63, 3.8) is 0 Å². The van der Waals surface area contributed by atoms with Gasteiger partial charge in [0.05, 0.1) is 9.82 Å². The van der Waals surface area contributed by atoms with E-state index in [1.54, 1.807) is 6.08 Å². The Morgan fingerprint density at radius 3 is 2.56 bits per heavy atom. The van der Waals surface area contributed by atoms with Crippen LogP contribution in [0.3, 0.4) is 0 Å². The largest absolute Gasteiger partial charge is 0.274 e. The highest BCUT2D eigenvalue weighted by Gasteiger charge is 2.20. The van der Waals surface area contributed by atoms with Gasteiger partial charge in [-0.15, -0.1) is 16.2 Å². The number of thiophene rings is 1. The number of nitro groups is 1. The van der Waals surface area contributed by atoms with Gasteiger partial charge in [0.2, 0.25) is 0 Å². The van der Waals surface area contributed by atoms with Crippen LogP contribution in [0.2, 0.25) is 0 Å². The van der Waals surface area contributed by atoms with E-state index in [1.807, 2.05) is 29.3 Å². The number of rotatable bonds is 6. The smallest absolute Gasteiger partial charge is 0.273 e. The first kappa shape index (κ1) is 18.8. The maximum atomic E-state index is 12.1. The third-order valence-corrected chi connectivity index (χ3v) is 5.37. The van der Waals surface area contributed by atoms with Gasteiger partial charge >= 0.3 is 0 Å². The van der Waals surface area contributed by atoms with Crippen molar-refractivity contribution in [3.8, 4) is 0 Å². The van der Waals surface area contributed by atoms with Gasteiger partial charge in [-0.25, -0.2) is 8.42 Å². The Bertz CT molecular complexity index is 948. The molecule has 2 rings (SSSR count). The molecule has 8 nitrogen and oxygen atoms in total. The molecule has 2 aromatic rings. The summed E-state index contributed by atoms with van der Waals surface area (Å²) in [5.41, 5.74) is 2.05. The summed E-state index contributed by atoms with van der Waals surface area (Å²) < 4.78 is 24.3. The van der Waals surface area contributed by atoms with Gasteiger partial charge in [-0.05, 0) is 38.1 Å². The number of benzene rings is 1. The lowest BCUT2D eigenvalue weighted by Crippen LogP contribution is -2.40. The number of nitro benzene ring substituents is 1. The lowest BCUT2D eigenvalue weighted by Gasteiger charge is -2.07. The maximum absolute atomic E-state index is 12.1. The molecule has 0 bridgehead atoms. The molecule has 0 aliphatic rings. The van der Waals surface area contributed by atoms with E-state index < -0.39 is 20.9 Å². The molecule has 1 heterocycles. The fraction of sp³-hybridized carbons (Fsp3) is 0.133. The third-order valence-electron chi connectivity index (χ3n) is 3.16. The summed E-state index contributed by atoms with van der Waals surface area (Å²) in [6.07, 6.45) is 2.74. The van der Waals surface area contributed by atoms with Crippen LogP contribution in [-0.2, 0) is 14.8 Å². The number of hydrogen-bond donors (Lipinski definition) is 2. The van der Waals surface area contributed by atoms with Crippen LogP contribution in [0, 0.1) is 24.0 Å². The monoisotopic (exact) mass is 381 g/mol. The predicted molar refractivity (Wildman–Crippen MR) is 94.4 cm³/mol. The highest BCUT2D eigenvalue weighted by atomic mass is 32.2. The average molecular weight is 381 g/mol. The van der Waals surface area contributed by atoms with Gasteiger partial charge in [-0.2, -0.15) is 0 Å². The zero-order valence-electron chi connectivity index (χ0n) is 13.3. The number of carbonyl (C=O) groups is 1. The van der Waals surface area contributed by atoms with E-state index in [9.17, 15) is 23.3 Å². The Labute approximate surface area is 148 Å².